The lowest BCUT2D eigenvalue weighted by Gasteiger charge is -2.29. The van der Waals surface area contributed by atoms with Gasteiger partial charge in [-0.15, -0.1) is 0 Å². The second-order valence-electron chi connectivity index (χ2n) is 8.78. The molecule has 2 aliphatic heterocycles. The largest absolute Gasteiger partial charge is 0.507 e. The highest BCUT2D eigenvalue weighted by molar-refractivity contribution is 6.46. The Balaban J connectivity index is 1.71. The number of ketones is 1. The predicted octanol–water partition coefficient (Wildman–Crippen LogP) is 3.16. The number of Topliss-reactive ketones (excluding diaryl/α,β-unsaturated/α-hetero) is 1. The molecule has 1 amide bonds. The number of aliphatic hydroxyl groups is 1. The van der Waals surface area contributed by atoms with E-state index in [0.29, 0.717) is 48.8 Å². The minimum absolute atomic E-state index is 0.0810. The van der Waals surface area contributed by atoms with E-state index in [1.165, 1.54) is 7.11 Å². The van der Waals surface area contributed by atoms with Crippen LogP contribution in [0.4, 0.5) is 0 Å². The van der Waals surface area contributed by atoms with Gasteiger partial charge in [-0.05, 0) is 31.0 Å². The molecule has 2 aromatic carbocycles. The molecule has 1 N–H and O–H groups in total. The quantitative estimate of drug-likeness (QED) is 0.353. The molecule has 0 bridgehead atoms. The van der Waals surface area contributed by atoms with Crippen LogP contribution in [0.15, 0.2) is 48.0 Å². The zero-order valence-electron chi connectivity index (χ0n) is 20.5. The molecule has 0 saturated carbocycles. The molecule has 8 heteroatoms. The lowest BCUT2D eigenvalue weighted by atomic mass is 9.94. The van der Waals surface area contributed by atoms with Crippen molar-refractivity contribution in [3.63, 3.8) is 0 Å². The lowest BCUT2D eigenvalue weighted by Crippen LogP contribution is -2.38. The number of aliphatic hydroxyl groups excluding tert-OH is 1. The van der Waals surface area contributed by atoms with Crippen LogP contribution in [-0.2, 0) is 14.3 Å². The Kier molecular flexibility index (Phi) is 7.73. The van der Waals surface area contributed by atoms with Crippen LogP contribution in [0.25, 0.3) is 5.76 Å². The average molecular weight is 481 g/mol. The van der Waals surface area contributed by atoms with Crippen molar-refractivity contribution in [3.8, 4) is 11.5 Å². The molecule has 2 heterocycles. The summed E-state index contributed by atoms with van der Waals surface area (Å²) in [6.07, 6.45) is 0.696. The normalized spacial score (nSPS) is 20.3. The summed E-state index contributed by atoms with van der Waals surface area (Å²) >= 11 is 0. The van der Waals surface area contributed by atoms with Crippen LogP contribution in [0.5, 0.6) is 11.5 Å². The van der Waals surface area contributed by atoms with Crippen LogP contribution in [0, 0.1) is 6.92 Å². The number of hydrogen-bond donors (Lipinski definition) is 1. The molecular weight excluding hydrogens is 448 g/mol. The number of likely N-dealkylation sites (tertiary alicyclic amines) is 1. The molecule has 0 spiro atoms. The number of methoxy groups -OCH3 is 2. The molecular formula is C27H32N2O6. The maximum absolute atomic E-state index is 13.2. The summed E-state index contributed by atoms with van der Waals surface area (Å²) in [7, 11) is 3.08. The summed E-state index contributed by atoms with van der Waals surface area (Å²) in [5.74, 6) is -0.452. The summed E-state index contributed by atoms with van der Waals surface area (Å²) in [5, 5.41) is 11.2. The second-order valence-corrected chi connectivity index (χ2v) is 8.78. The van der Waals surface area contributed by atoms with Crippen molar-refractivity contribution in [3.05, 3.63) is 64.7 Å². The third-order valence-electron chi connectivity index (χ3n) is 6.57. The van der Waals surface area contributed by atoms with E-state index in [-0.39, 0.29) is 11.3 Å². The number of carbonyl (C=O) groups excluding carboxylic acids is 2. The number of hydrogen-bond acceptors (Lipinski definition) is 7. The summed E-state index contributed by atoms with van der Waals surface area (Å²) in [6, 6.07) is 11.8. The van der Waals surface area contributed by atoms with Gasteiger partial charge in [-0.25, -0.2) is 0 Å². The number of benzene rings is 2. The van der Waals surface area contributed by atoms with Gasteiger partial charge in [0.1, 0.15) is 5.76 Å². The number of aryl methyl sites for hydroxylation is 1. The highest BCUT2D eigenvalue weighted by Gasteiger charge is 2.46. The first-order chi connectivity index (χ1) is 16.9. The van der Waals surface area contributed by atoms with Crippen molar-refractivity contribution >= 4 is 17.4 Å². The maximum atomic E-state index is 13.2. The molecule has 1 atom stereocenters. The third-order valence-corrected chi connectivity index (χ3v) is 6.57. The van der Waals surface area contributed by atoms with E-state index in [2.05, 4.69) is 4.90 Å². The van der Waals surface area contributed by atoms with Gasteiger partial charge in [-0.3, -0.25) is 14.5 Å². The van der Waals surface area contributed by atoms with E-state index >= 15 is 0 Å². The minimum Gasteiger partial charge on any atom is -0.507 e. The Bertz CT molecular complexity index is 1110. The fourth-order valence-corrected chi connectivity index (χ4v) is 4.64. The number of rotatable bonds is 8. The van der Waals surface area contributed by atoms with Gasteiger partial charge in [0.05, 0.1) is 39.0 Å². The topological polar surface area (TPSA) is 88.5 Å². The number of morpholine rings is 1. The van der Waals surface area contributed by atoms with Crippen LogP contribution < -0.4 is 9.47 Å². The van der Waals surface area contributed by atoms with Gasteiger partial charge in [-0.1, -0.05) is 35.9 Å². The van der Waals surface area contributed by atoms with Crippen LogP contribution in [0.1, 0.15) is 29.2 Å². The molecule has 0 aliphatic carbocycles. The Morgan fingerprint density at radius 3 is 2.34 bits per heavy atom. The van der Waals surface area contributed by atoms with Crippen LogP contribution in [0.3, 0.4) is 0 Å². The van der Waals surface area contributed by atoms with Gasteiger partial charge in [0.2, 0.25) is 0 Å². The molecule has 0 unspecified atom stereocenters. The van der Waals surface area contributed by atoms with E-state index in [9.17, 15) is 14.7 Å². The number of amides is 1. The fraction of sp³-hybridized carbons (Fsp3) is 0.407. The van der Waals surface area contributed by atoms with Gasteiger partial charge >= 0.3 is 0 Å². The number of ether oxygens (including phenoxy) is 3. The Labute approximate surface area is 205 Å². The van der Waals surface area contributed by atoms with Crippen LogP contribution >= 0.6 is 0 Å². The third kappa shape index (κ3) is 5.18. The summed E-state index contributed by atoms with van der Waals surface area (Å²) in [6.45, 7) is 6.23. The average Bonchev–Trinajstić information content (AvgIpc) is 3.14. The van der Waals surface area contributed by atoms with Gasteiger partial charge < -0.3 is 24.2 Å². The standard InChI is InChI=1S/C27H32N2O6/c1-18-5-7-19(8-6-18)25(30)23-24(20-9-10-21(33-2)22(17-20)34-3)29(27(32)26(23)31)12-4-11-28-13-15-35-16-14-28/h5-10,17,24,30H,4,11-16H2,1-3H3/t24-/m1/s1. The van der Waals surface area contributed by atoms with E-state index in [0.717, 1.165) is 25.2 Å². The Hall–Kier alpha value is -3.36. The van der Waals surface area contributed by atoms with E-state index < -0.39 is 17.7 Å². The molecule has 2 aromatic rings. The first kappa shape index (κ1) is 24.8. The first-order valence-corrected chi connectivity index (χ1v) is 11.8. The van der Waals surface area contributed by atoms with E-state index in [1.807, 2.05) is 19.1 Å². The molecule has 0 aromatic heterocycles. The molecule has 186 valence electrons. The van der Waals surface area contributed by atoms with Crippen molar-refractivity contribution in [1.29, 1.82) is 0 Å². The summed E-state index contributed by atoms with van der Waals surface area (Å²) in [4.78, 5) is 30.3. The van der Waals surface area contributed by atoms with Crippen LogP contribution in [-0.4, -0.2) is 80.2 Å². The Morgan fingerprint density at radius 1 is 1.00 bits per heavy atom. The highest BCUT2D eigenvalue weighted by atomic mass is 16.5. The van der Waals surface area contributed by atoms with Crippen molar-refractivity contribution in [1.82, 2.24) is 9.80 Å². The van der Waals surface area contributed by atoms with Gasteiger partial charge in [0.25, 0.3) is 11.7 Å². The zero-order valence-corrected chi connectivity index (χ0v) is 20.5. The molecule has 35 heavy (non-hydrogen) atoms. The maximum Gasteiger partial charge on any atom is 0.295 e. The highest BCUT2D eigenvalue weighted by Crippen LogP contribution is 2.42. The molecule has 8 nitrogen and oxygen atoms in total. The predicted molar refractivity (Wildman–Crippen MR) is 132 cm³/mol. The van der Waals surface area contributed by atoms with Crippen molar-refractivity contribution in [2.45, 2.75) is 19.4 Å². The molecule has 2 fully saturated rings. The van der Waals surface area contributed by atoms with Crippen LogP contribution in [0.2, 0.25) is 0 Å². The van der Waals surface area contributed by atoms with Gasteiger partial charge in [0.15, 0.2) is 11.5 Å². The fourth-order valence-electron chi connectivity index (χ4n) is 4.64. The summed E-state index contributed by atoms with van der Waals surface area (Å²) < 4.78 is 16.2. The lowest BCUT2D eigenvalue weighted by molar-refractivity contribution is -0.140. The van der Waals surface area contributed by atoms with Gasteiger partial charge in [-0.2, -0.15) is 0 Å². The number of nitrogens with zero attached hydrogens (tertiary/aromatic N) is 2. The summed E-state index contributed by atoms with van der Waals surface area (Å²) in [5.41, 5.74) is 2.27. The van der Waals surface area contributed by atoms with Crippen molar-refractivity contribution in [2.75, 3.05) is 53.6 Å². The molecule has 4 rings (SSSR count). The van der Waals surface area contributed by atoms with Gasteiger partial charge in [0, 0.05) is 31.7 Å². The monoisotopic (exact) mass is 480 g/mol. The number of carbonyl (C=O) groups is 2. The molecule has 2 saturated heterocycles. The minimum atomic E-state index is -0.735. The molecule has 0 radical (unpaired) electrons. The Morgan fingerprint density at radius 2 is 1.69 bits per heavy atom. The van der Waals surface area contributed by atoms with Crippen molar-refractivity contribution < 1.29 is 28.9 Å². The van der Waals surface area contributed by atoms with E-state index in [1.54, 1.807) is 42.3 Å². The smallest absolute Gasteiger partial charge is 0.295 e. The molecule has 2 aliphatic rings. The SMILES string of the molecule is COc1ccc([C@@H]2C(=C(O)c3ccc(C)cc3)C(=O)C(=O)N2CCCN2CCOCC2)cc1OC. The van der Waals surface area contributed by atoms with Crippen molar-refractivity contribution in [2.24, 2.45) is 0 Å². The first-order valence-electron chi connectivity index (χ1n) is 11.8. The second kappa shape index (κ2) is 10.9. The zero-order chi connectivity index (χ0) is 24.9. The van der Waals surface area contributed by atoms with E-state index in [4.69, 9.17) is 14.2 Å².